The highest BCUT2D eigenvalue weighted by Crippen LogP contribution is 2.44. The number of likely N-dealkylation sites (tertiary alicyclic amines) is 2. The fraction of sp³-hybridized carbons (Fsp3) is 0.321. The summed E-state index contributed by atoms with van der Waals surface area (Å²) in [6.07, 6.45) is -1.56. The lowest BCUT2D eigenvalue weighted by Crippen LogP contribution is -2.73. The van der Waals surface area contributed by atoms with E-state index < -0.39 is 104 Å². The van der Waals surface area contributed by atoms with Crippen LogP contribution >= 0.6 is 46.4 Å². The van der Waals surface area contributed by atoms with E-state index in [1.54, 1.807) is 135 Å². The van der Waals surface area contributed by atoms with Gasteiger partial charge in [-0.15, -0.1) is 0 Å². The van der Waals surface area contributed by atoms with Gasteiger partial charge >= 0.3 is 0 Å². The van der Waals surface area contributed by atoms with Gasteiger partial charge in [-0.2, -0.15) is 0 Å². The second-order valence-corrected chi connectivity index (χ2v) is 25.6. The Labute approximate surface area is 482 Å². The molecule has 0 aromatic heterocycles. The van der Waals surface area contributed by atoms with Gasteiger partial charge in [0.05, 0.1) is 60.1 Å². The predicted octanol–water partition coefficient (Wildman–Crippen LogP) is 9.53. The molecule has 6 atom stereocenters. The van der Waals surface area contributed by atoms with Gasteiger partial charge in [0.1, 0.15) is 35.5 Å². The van der Waals surface area contributed by atoms with Crippen molar-refractivity contribution in [2.75, 3.05) is 34.2 Å². The highest BCUT2D eigenvalue weighted by molar-refractivity contribution is 7.92. The number of benzene rings is 6. The van der Waals surface area contributed by atoms with Gasteiger partial charge in [0, 0.05) is 57.4 Å². The van der Waals surface area contributed by atoms with Crippen LogP contribution in [0.25, 0.3) is 0 Å². The summed E-state index contributed by atoms with van der Waals surface area (Å²) >= 11 is 24.5. The maximum Gasteiger partial charge on any atom is 0.250 e. The summed E-state index contributed by atoms with van der Waals surface area (Å²) in [7, 11) is -8.24. The van der Waals surface area contributed by atoms with E-state index in [2.05, 4.69) is 10.6 Å². The summed E-state index contributed by atoms with van der Waals surface area (Å²) in [6.45, 7) is 6.95. The molecule has 0 bridgehead atoms. The molecule has 0 spiro atoms. The molecule has 2 amide bonds. The summed E-state index contributed by atoms with van der Waals surface area (Å²) in [5, 5.41) is 30.1. The summed E-state index contributed by atoms with van der Waals surface area (Å²) < 4.78 is 111. The number of hydrogen-bond acceptors (Lipinski definition) is 10. The number of hydrogen-bond donors (Lipinski definition) is 4. The molecule has 2 heterocycles. The summed E-state index contributed by atoms with van der Waals surface area (Å²) in [5.74, 6) is -5.27. The minimum atomic E-state index is -4.12. The summed E-state index contributed by atoms with van der Waals surface area (Å²) in [4.78, 5) is 29.7. The zero-order valence-corrected chi connectivity index (χ0v) is 48.5. The number of carbonyl (C=O) groups is 2. The normalized spacial score (nSPS) is 18.4. The van der Waals surface area contributed by atoms with Crippen molar-refractivity contribution in [1.82, 2.24) is 20.4 Å². The molecule has 6 aromatic rings. The Morgan fingerprint density at radius 2 is 0.725 bits per heavy atom. The number of sulfonamides is 2. The topological polar surface area (TPSA) is 180 Å². The SMILES string of the molecule is CC(C)NC(=O)[C@@H](O)C1C(N(c2cc(F)cc(F)c2)S(C)(=O)=O)CN1C(c1ccc(Cl)cc1)c1ccc(Cl)cc1.CC(C)NC(=O)[C@H](O)C1C(N(c2cc(F)cc(F)c2)S(C)(=O)=O)CN1C(c1ccc(Cl)cc1)c1ccc(Cl)cc1. The number of nitrogens with zero attached hydrogens (tertiary/aromatic N) is 4. The van der Waals surface area contributed by atoms with Crippen LogP contribution in [0.2, 0.25) is 20.1 Å². The molecule has 0 saturated carbocycles. The van der Waals surface area contributed by atoms with E-state index in [1.807, 2.05) is 0 Å². The van der Waals surface area contributed by atoms with Crippen LogP contribution in [-0.4, -0.2) is 123 Å². The van der Waals surface area contributed by atoms with E-state index in [9.17, 15) is 54.2 Å². The summed E-state index contributed by atoms with van der Waals surface area (Å²) in [5.41, 5.74) is 2.54. The van der Waals surface area contributed by atoms with Gasteiger partial charge in [0.25, 0.3) is 11.8 Å². The molecule has 80 heavy (non-hydrogen) atoms. The number of rotatable bonds is 18. The van der Waals surface area contributed by atoms with Gasteiger partial charge in [-0.25, -0.2) is 34.4 Å². The van der Waals surface area contributed by atoms with Crippen molar-refractivity contribution in [3.05, 3.63) is 199 Å². The molecule has 2 fully saturated rings. The van der Waals surface area contributed by atoms with Gasteiger partial charge in [0.2, 0.25) is 20.0 Å². The lowest BCUT2D eigenvalue weighted by atomic mass is 9.84. The van der Waals surface area contributed by atoms with Crippen LogP contribution < -0.4 is 19.2 Å². The fourth-order valence-electron chi connectivity index (χ4n) is 10.2. The maximum absolute atomic E-state index is 14.2. The molecule has 4 N–H and O–H groups in total. The minimum absolute atomic E-state index is 0.0256. The minimum Gasteiger partial charge on any atom is -0.382 e. The number of aliphatic hydroxyl groups excluding tert-OH is 2. The van der Waals surface area contributed by atoms with Gasteiger partial charge < -0.3 is 20.8 Å². The van der Waals surface area contributed by atoms with Crippen LogP contribution in [0.4, 0.5) is 28.9 Å². The first-order chi connectivity index (χ1) is 37.5. The van der Waals surface area contributed by atoms with E-state index in [0.717, 1.165) is 67.6 Å². The van der Waals surface area contributed by atoms with Crippen molar-refractivity contribution in [2.45, 2.75) is 88.2 Å². The summed E-state index contributed by atoms with van der Waals surface area (Å²) in [6, 6.07) is 26.9. The van der Waals surface area contributed by atoms with Gasteiger partial charge in [-0.3, -0.25) is 28.0 Å². The van der Waals surface area contributed by atoms with Crippen molar-refractivity contribution >= 4 is 89.6 Å². The van der Waals surface area contributed by atoms with E-state index in [0.29, 0.717) is 32.2 Å². The number of carbonyl (C=O) groups excluding carboxylic acids is 2. The standard InChI is InChI=1S/2C28H29Cl2F2N3O4S/c2*1-16(2)33-28(37)27(36)26-24(35(40(3,38)39)23-13-21(31)12-22(32)14-23)15-34(26)25(17-4-8-19(29)9-5-17)18-6-10-20(30)11-7-18/h2*4-14,16,24-27,36H,15H2,1-3H3,(H,33,37)/t2*24?,26?,27-/m10/s1. The lowest BCUT2D eigenvalue weighted by Gasteiger charge is -2.56. The Morgan fingerprint density at radius 1 is 0.487 bits per heavy atom. The van der Waals surface area contributed by atoms with Crippen molar-refractivity contribution in [2.24, 2.45) is 0 Å². The van der Waals surface area contributed by atoms with E-state index in [-0.39, 0.29) is 36.5 Å². The largest absolute Gasteiger partial charge is 0.382 e. The smallest absolute Gasteiger partial charge is 0.250 e. The highest BCUT2D eigenvalue weighted by Gasteiger charge is 2.55. The van der Waals surface area contributed by atoms with Crippen LogP contribution in [0, 0.1) is 23.3 Å². The molecule has 428 valence electrons. The predicted molar refractivity (Wildman–Crippen MR) is 304 cm³/mol. The third-order valence-corrected chi connectivity index (χ3v) is 16.7. The molecule has 4 unspecified atom stereocenters. The van der Waals surface area contributed by atoms with Gasteiger partial charge in [-0.1, -0.05) is 94.9 Å². The van der Waals surface area contributed by atoms with Crippen LogP contribution in [0.5, 0.6) is 0 Å². The third kappa shape index (κ3) is 14.7. The molecule has 24 heteroatoms. The van der Waals surface area contributed by atoms with E-state index >= 15 is 0 Å². The molecule has 0 radical (unpaired) electrons. The average Bonchev–Trinajstić information content (AvgIpc) is 3.34. The Kier molecular flexibility index (Phi) is 20.0. The second kappa shape index (κ2) is 25.7. The Morgan fingerprint density at radius 3 is 0.938 bits per heavy atom. The highest BCUT2D eigenvalue weighted by atomic mass is 35.5. The second-order valence-electron chi connectivity index (χ2n) is 20.1. The Bertz CT molecular complexity index is 3040. The van der Waals surface area contributed by atoms with Crippen LogP contribution in [0.15, 0.2) is 133 Å². The quantitative estimate of drug-likeness (QED) is 0.0606. The molecule has 8 rings (SSSR count). The first-order valence-corrected chi connectivity index (χ1v) is 30.1. The molecule has 2 aliphatic rings. The molecule has 2 saturated heterocycles. The van der Waals surface area contributed by atoms with Gasteiger partial charge in [-0.05, 0) is 123 Å². The van der Waals surface area contributed by atoms with E-state index in [4.69, 9.17) is 46.4 Å². The number of nitrogens with one attached hydrogen (secondary N) is 2. The maximum atomic E-state index is 14.2. The molecular formula is C56H58Cl4F4N6O8S2. The van der Waals surface area contributed by atoms with Crippen LogP contribution in [-0.2, 0) is 29.6 Å². The lowest BCUT2D eigenvalue weighted by molar-refractivity contribution is -0.140. The molecule has 0 aliphatic carbocycles. The molecule has 6 aromatic carbocycles. The monoisotopic (exact) mass is 1220 g/mol. The zero-order valence-electron chi connectivity index (χ0n) is 43.9. The number of amides is 2. The Balaban J connectivity index is 0.000000231. The first kappa shape index (κ1) is 62.1. The molecule has 14 nitrogen and oxygen atoms in total. The van der Waals surface area contributed by atoms with Crippen molar-refractivity contribution in [3.63, 3.8) is 0 Å². The number of anilines is 2. The zero-order chi connectivity index (χ0) is 58.7. The van der Waals surface area contributed by atoms with Crippen LogP contribution in [0.1, 0.15) is 62.0 Å². The van der Waals surface area contributed by atoms with E-state index in [1.165, 1.54) is 0 Å². The Hall–Kier alpha value is -5.52. The third-order valence-electron chi connectivity index (χ3n) is 13.3. The number of aliphatic hydroxyl groups is 2. The van der Waals surface area contributed by atoms with Gasteiger partial charge in [0.15, 0.2) is 0 Å². The average molecular weight is 1230 g/mol. The molecule has 2 aliphatic heterocycles. The number of halogens is 8. The van der Waals surface area contributed by atoms with Crippen molar-refractivity contribution in [3.8, 4) is 0 Å². The fourth-order valence-corrected chi connectivity index (χ4v) is 13.0. The van der Waals surface area contributed by atoms with Crippen molar-refractivity contribution < 1.29 is 54.2 Å². The van der Waals surface area contributed by atoms with Crippen molar-refractivity contribution in [1.29, 1.82) is 0 Å². The van der Waals surface area contributed by atoms with Crippen LogP contribution in [0.3, 0.4) is 0 Å². The first-order valence-electron chi connectivity index (χ1n) is 24.9. The molecular weight excluding hydrogens is 1170 g/mol.